The van der Waals surface area contributed by atoms with Gasteiger partial charge in [0.05, 0.1) is 5.02 Å². The molecular formula is C17H13ClN2O2S. The van der Waals surface area contributed by atoms with Gasteiger partial charge in [-0.3, -0.25) is 9.59 Å². The number of hydrogen-bond donors (Lipinski definition) is 2. The molecule has 0 saturated carbocycles. The van der Waals surface area contributed by atoms with Crippen LogP contribution in [0.25, 0.3) is 10.1 Å². The Morgan fingerprint density at radius 3 is 2.35 bits per heavy atom. The minimum atomic E-state index is -0.260. The van der Waals surface area contributed by atoms with Gasteiger partial charge in [-0.05, 0) is 30.3 Å². The van der Waals surface area contributed by atoms with Gasteiger partial charge in [-0.25, -0.2) is 0 Å². The average molecular weight is 345 g/mol. The number of fused-ring (bicyclic) bond motifs is 1. The van der Waals surface area contributed by atoms with Gasteiger partial charge in [0.25, 0.3) is 11.8 Å². The molecule has 2 N–H and O–H groups in total. The van der Waals surface area contributed by atoms with Crippen molar-refractivity contribution < 1.29 is 9.59 Å². The molecule has 0 atom stereocenters. The first-order valence-electron chi connectivity index (χ1n) is 6.90. The van der Waals surface area contributed by atoms with E-state index in [1.165, 1.54) is 11.3 Å². The molecule has 116 valence electrons. The van der Waals surface area contributed by atoms with Crippen molar-refractivity contribution in [3.8, 4) is 0 Å². The lowest BCUT2D eigenvalue weighted by Crippen LogP contribution is -2.17. The van der Waals surface area contributed by atoms with E-state index >= 15 is 0 Å². The molecule has 6 heteroatoms. The van der Waals surface area contributed by atoms with E-state index in [-0.39, 0.29) is 11.8 Å². The summed E-state index contributed by atoms with van der Waals surface area (Å²) in [5, 5.41) is 6.68. The average Bonchev–Trinajstić information content (AvgIpc) is 2.92. The van der Waals surface area contributed by atoms with E-state index in [0.717, 1.165) is 10.1 Å². The molecule has 1 heterocycles. The first-order chi connectivity index (χ1) is 11.1. The topological polar surface area (TPSA) is 58.2 Å². The standard InChI is InChI=1S/C17H13ClN2O2S/c1-19-16(21)10-6-8-11(9-7-10)20-17(22)15-14(18)12-4-2-3-5-13(12)23-15/h2-9H,1H3,(H,19,21)(H,20,22). The van der Waals surface area contributed by atoms with Gasteiger partial charge in [-0.2, -0.15) is 0 Å². The molecule has 1 aromatic heterocycles. The number of anilines is 1. The fourth-order valence-corrected chi connectivity index (χ4v) is 3.61. The van der Waals surface area contributed by atoms with Gasteiger partial charge < -0.3 is 10.6 Å². The Hall–Kier alpha value is -2.37. The third-order valence-corrected chi connectivity index (χ3v) is 5.05. The van der Waals surface area contributed by atoms with Crippen molar-refractivity contribution in [2.75, 3.05) is 12.4 Å². The van der Waals surface area contributed by atoms with Crippen molar-refractivity contribution in [2.24, 2.45) is 0 Å². The molecular weight excluding hydrogens is 332 g/mol. The Morgan fingerprint density at radius 2 is 1.70 bits per heavy atom. The minimum absolute atomic E-state index is 0.171. The third kappa shape index (κ3) is 3.06. The second-order valence-corrected chi connectivity index (χ2v) is 6.28. The minimum Gasteiger partial charge on any atom is -0.355 e. The van der Waals surface area contributed by atoms with Gasteiger partial charge in [-0.15, -0.1) is 11.3 Å². The van der Waals surface area contributed by atoms with Gasteiger partial charge in [0.2, 0.25) is 0 Å². The largest absolute Gasteiger partial charge is 0.355 e. The number of benzene rings is 2. The zero-order chi connectivity index (χ0) is 16.4. The molecule has 3 rings (SSSR count). The second kappa shape index (κ2) is 6.40. The van der Waals surface area contributed by atoms with Crippen LogP contribution in [0.3, 0.4) is 0 Å². The summed E-state index contributed by atoms with van der Waals surface area (Å²) in [4.78, 5) is 24.4. The SMILES string of the molecule is CNC(=O)c1ccc(NC(=O)c2sc3ccccc3c2Cl)cc1. The molecule has 0 spiro atoms. The predicted molar refractivity (Wildman–Crippen MR) is 94.6 cm³/mol. The van der Waals surface area contributed by atoms with E-state index in [1.54, 1.807) is 31.3 Å². The maximum Gasteiger partial charge on any atom is 0.267 e. The van der Waals surface area contributed by atoms with E-state index in [9.17, 15) is 9.59 Å². The molecule has 0 aliphatic rings. The maximum atomic E-state index is 12.4. The zero-order valence-corrected chi connectivity index (χ0v) is 13.8. The van der Waals surface area contributed by atoms with Crippen molar-refractivity contribution in [3.63, 3.8) is 0 Å². The fourth-order valence-electron chi connectivity index (χ4n) is 2.20. The number of rotatable bonds is 3. The summed E-state index contributed by atoms with van der Waals surface area (Å²) in [6.07, 6.45) is 0. The highest BCUT2D eigenvalue weighted by atomic mass is 35.5. The fraction of sp³-hybridized carbons (Fsp3) is 0.0588. The normalized spacial score (nSPS) is 10.5. The van der Waals surface area contributed by atoms with Crippen molar-refractivity contribution >= 4 is 50.5 Å². The molecule has 23 heavy (non-hydrogen) atoms. The van der Waals surface area contributed by atoms with Crippen LogP contribution >= 0.6 is 22.9 Å². The summed E-state index contributed by atoms with van der Waals surface area (Å²) in [7, 11) is 1.57. The molecule has 3 aromatic rings. The maximum absolute atomic E-state index is 12.4. The number of hydrogen-bond acceptors (Lipinski definition) is 3. The quantitative estimate of drug-likeness (QED) is 0.749. The van der Waals surface area contributed by atoms with Gasteiger partial charge in [0.1, 0.15) is 4.88 Å². The van der Waals surface area contributed by atoms with Crippen LogP contribution < -0.4 is 10.6 Å². The summed E-state index contributed by atoms with van der Waals surface area (Å²) in [6.45, 7) is 0. The molecule has 0 fully saturated rings. The number of carbonyl (C=O) groups is 2. The Morgan fingerprint density at radius 1 is 1.00 bits per heavy atom. The monoisotopic (exact) mass is 344 g/mol. The van der Waals surface area contributed by atoms with Crippen LogP contribution in [-0.2, 0) is 0 Å². The molecule has 0 saturated heterocycles. The van der Waals surface area contributed by atoms with E-state index in [0.29, 0.717) is 21.2 Å². The highest BCUT2D eigenvalue weighted by Crippen LogP contribution is 2.35. The molecule has 2 aromatic carbocycles. The Labute approximate surface area is 142 Å². The van der Waals surface area contributed by atoms with Crippen molar-refractivity contribution in [1.82, 2.24) is 5.32 Å². The van der Waals surface area contributed by atoms with E-state index in [4.69, 9.17) is 11.6 Å². The second-order valence-electron chi connectivity index (χ2n) is 4.85. The lowest BCUT2D eigenvalue weighted by molar-refractivity contribution is 0.0962. The number of amides is 2. The summed E-state index contributed by atoms with van der Waals surface area (Å²) in [5.74, 6) is -0.431. The van der Waals surface area contributed by atoms with Crippen molar-refractivity contribution in [2.45, 2.75) is 0 Å². The van der Waals surface area contributed by atoms with Crippen molar-refractivity contribution in [1.29, 1.82) is 0 Å². The van der Waals surface area contributed by atoms with Crippen LogP contribution in [-0.4, -0.2) is 18.9 Å². The van der Waals surface area contributed by atoms with E-state index in [2.05, 4.69) is 10.6 Å². The van der Waals surface area contributed by atoms with Crippen LogP contribution in [0.4, 0.5) is 5.69 Å². The third-order valence-electron chi connectivity index (χ3n) is 3.37. The smallest absolute Gasteiger partial charge is 0.267 e. The zero-order valence-electron chi connectivity index (χ0n) is 12.2. The highest BCUT2D eigenvalue weighted by molar-refractivity contribution is 7.21. The first-order valence-corrected chi connectivity index (χ1v) is 8.10. The summed E-state index contributed by atoms with van der Waals surface area (Å²) < 4.78 is 0.970. The molecule has 4 nitrogen and oxygen atoms in total. The molecule has 0 radical (unpaired) electrons. The van der Waals surface area contributed by atoms with E-state index < -0.39 is 0 Å². The lowest BCUT2D eigenvalue weighted by Gasteiger charge is -2.05. The van der Waals surface area contributed by atoms with Gasteiger partial charge in [-0.1, -0.05) is 29.8 Å². The molecule has 0 aliphatic carbocycles. The summed E-state index contributed by atoms with van der Waals surface area (Å²) in [5.41, 5.74) is 1.14. The number of nitrogens with one attached hydrogen (secondary N) is 2. The van der Waals surface area contributed by atoms with Crippen molar-refractivity contribution in [3.05, 3.63) is 64.0 Å². The van der Waals surface area contributed by atoms with Gasteiger partial charge >= 0.3 is 0 Å². The van der Waals surface area contributed by atoms with Crippen LogP contribution in [0, 0.1) is 0 Å². The highest BCUT2D eigenvalue weighted by Gasteiger charge is 2.17. The van der Waals surface area contributed by atoms with Crippen LogP contribution in [0.15, 0.2) is 48.5 Å². The molecule has 0 bridgehead atoms. The molecule has 0 unspecified atom stereocenters. The first kappa shape index (κ1) is 15.5. The predicted octanol–water partition coefficient (Wildman–Crippen LogP) is 4.17. The Kier molecular flexibility index (Phi) is 4.32. The number of carbonyl (C=O) groups excluding carboxylic acids is 2. The van der Waals surface area contributed by atoms with E-state index in [1.807, 2.05) is 24.3 Å². The summed E-state index contributed by atoms with van der Waals surface area (Å²) >= 11 is 7.66. The van der Waals surface area contributed by atoms with Crippen LogP contribution in [0.2, 0.25) is 5.02 Å². The molecule has 0 aliphatic heterocycles. The Balaban J connectivity index is 1.83. The summed E-state index contributed by atoms with van der Waals surface area (Å²) in [6, 6.07) is 14.3. The van der Waals surface area contributed by atoms with Gasteiger partial charge in [0, 0.05) is 28.4 Å². The van der Waals surface area contributed by atoms with Crippen LogP contribution in [0.1, 0.15) is 20.0 Å². The van der Waals surface area contributed by atoms with Gasteiger partial charge in [0.15, 0.2) is 0 Å². The lowest BCUT2D eigenvalue weighted by atomic mass is 10.2. The Bertz CT molecular complexity index is 887. The molecule has 2 amide bonds. The number of halogens is 1. The van der Waals surface area contributed by atoms with Crippen LogP contribution in [0.5, 0.6) is 0 Å². The number of thiophene rings is 1.